The first-order valence-corrected chi connectivity index (χ1v) is 7.28. The second-order valence-corrected chi connectivity index (χ2v) is 5.18. The third-order valence-corrected chi connectivity index (χ3v) is 3.24. The molecule has 0 aliphatic carbocycles. The molecule has 0 unspecified atom stereocenters. The molecule has 0 radical (unpaired) electrons. The quantitative estimate of drug-likeness (QED) is 0.833. The van der Waals surface area contributed by atoms with Crippen LogP contribution in [0.4, 0.5) is 5.69 Å². The highest BCUT2D eigenvalue weighted by Crippen LogP contribution is 2.12. The van der Waals surface area contributed by atoms with Crippen LogP contribution in [0.1, 0.15) is 11.3 Å². The number of pyridine rings is 1. The van der Waals surface area contributed by atoms with Gasteiger partial charge in [-0.25, -0.2) is 0 Å². The molecule has 0 bridgehead atoms. The summed E-state index contributed by atoms with van der Waals surface area (Å²) in [4.78, 5) is 18.0. The van der Waals surface area contributed by atoms with Crippen LogP contribution in [0.5, 0.6) is 0 Å². The Morgan fingerprint density at radius 2 is 1.95 bits per heavy atom. The standard InChI is InChI=1S/C18H21N3O/c1-21(2)17-9-6-15(7-10-17)8-11-18(22)20-14-12-16-5-3-4-13-19-16/h3-11,13H,12,14H2,1-2H3,(H,20,22)/b11-8+. The number of nitrogens with zero attached hydrogens (tertiary/aromatic N) is 2. The normalized spacial score (nSPS) is 10.6. The van der Waals surface area contributed by atoms with Gasteiger partial charge in [-0.3, -0.25) is 9.78 Å². The van der Waals surface area contributed by atoms with E-state index in [0.717, 1.165) is 23.4 Å². The molecule has 1 N–H and O–H groups in total. The molecular weight excluding hydrogens is 274 g/mol. The zero-order valence-corrected chi connectivity index (χ0v) is 13.0. The zero-order chi connectivity index (χ0) is 15.8. The second kappa shape index (κ2) is 7.98. The molecule has 0 aliphatic rings. The molecule has 4 heteroatoms. The first-order chi connectivity index (χ1) is 10.6. The molecule has 1 aromatic carbocycles. The maximum atomic E-state index is 11.8. The number of benzene rings is 1. The van der Waals surface area contributed by atoms with E-state index >= 15 is 0 Å². The fourth-order valence-corrected chi connectivity index (χ4v) is 1.97. The van der Waals surface area contributed by atoms with Crippen LogP contribution < -0.4 is 10.2 Å². The molecule has 22 heavy (non-hydrogen) atoms. The van der Waals surface area contributed by atoms with Gasteiger partial charge in [-0.15, -0.1) is 0 Å². The maximum Gasteiger partial charge on any atom is 0.244 e. The number of amides is 1. The van der Waals surface area contributed by atoms with Crippen LogP contribution >= 0.6 is 0 Å². The fraction of sp³-hybridized carbons (Fsp3) is 0.222. The van der Waals surface area contributed by atoms with Crippen LogP contribution in [-0.2, 0) is 11.2 Å². The number of carbonyl (C=O) groups is 1. The summed E-state index contributed by atoms with van der Waals surface area (Å²) in [6.45, 7) is 0.583. The van der Waals surface area contributed by atoms with Crippen molar-refractivity contribution < 1.29 is 4.79 Å². The van der Waals surface area contributed by atoms with Gasteiger partial charge in [-0.1, -0.05) is 18.2 Å². The van der Waals surface area contributed by atoms with Gasteiger partial charge in [0.05, 0.1) is 0 Å². The number of hydrogen-bond donors (Lipinski definition) is 1. The number of carbonyl (C=O) groups excluding carboxylic acids is 1. The average Bonchev–Trinajstić information content (AvgIpc) is 2.54. The van der Waals surface area contributed by atoms with E-state index in [4.69, 9.17) is 0 Å². The number of anilines is 1. The minimum atomic E-state index is -0.0902. The van der Waals surface area contributed by atoms with Crippen LogP contribution in [0.25, 0.3) is 6.08 Å². The Morgan fingerprint density at radius 1 is 1.18 bits per heavy atom. The highest BCUT2D eigenvalue weighted by Gasteiger charge is 1.98. The van der Waals surface area contributed by atoms with Gasteiger partial charge < -0.3 is 10.2 Å². The molecule has 2 rings (SSSR count). The fourth-order valence-electron chi connectivity index (χ4n) is 1.97. The van der Waals surface area contributed by atoms with E-state index in [0.29, 0.717) is 6.54 Å². The van der Waals surface area contributed by atoms with Crippen molar-refractivity contribution in [2.75, 3.05) is 25.5 Å². The molecule has 0 saturated heterocycles. The van der Waals surface area contributed by atoms with E-state index < -0.39 is 0 Å². The summed E-state index contributed by atoms with van der Waals surface area (Å²) in [5, 5.41) is 2.86. The van der Waals surface area contributed by atoms with Crippen LogP contribution in [0.15, 0.2) is 54.7 Å². The van der Waals surface area contributed by atoms with E-state index in [-0.39, 0.29) is 5.91 Å². The topological polar surface area (TPSA) is 45.2 Å². The molecule has 0 spiro atoms. The minimum Gasteiger partial charge on any atom is -0.378 e. The van der Waals surface area contributed by atoms with Crippen molar-refractivity contribution in [2.24, 2.45) is 0 Å². The smallest absolute Gasteiger partial charge is 0.244 e. The van der Waals surface area contributed by atoms with Crippen molar-refractivity contribution in [1.29, 1.82) is 0 Å². The molecule has 0 saturated carbocycles. The van der Waals surface area contributed by atoms with E-state index in [1.54, 1.807) is 12.3 Å². The summed E-state index contributed by atoms with van der Waals surface area (Å²) in [7, 11) is 4.00. The summed E-state index contributed by atoms with van der Waals surface area (Å²) in [6.07, 6.45) is 5.87. The van der Waals surface area contributed by atoms with Crippen molar-refractivity contribution >= 4 is 17.7 Å². The second-order valence-electron chi connectivity index (χ2n) is 5.18. The predicted octanol–water partition coefficient (Wildman–Crippen LogP) is 2.52. The molecule has 114 valence electrons. The summed E-state index contributed by atoms with van der Waals surface area (Å²) in [5.74, 6) is -0.0902. The summed E-state index contributed by atoms with van der Waals surface area (Å²) in [5.41, 5.74) is 3.12. The molecule has 0 atom stereocenters. The Balaban J connectivity index is 1.78. The molecular formula is C18H21N3O. The van der Waals surface area contributed by atoms with Crippen molar-refractivity contribution in [3.8, 4) is 0 Å². The lowest BCUT2D eigenvalue weighted by Gasteiger charge is -2.11. The summed E-state index contributed by atoms with van der Waals surface area (Å²) in [6, 6.07) is 13.8. The van der Waals surface area contributed by atoms with Gasteiger partial charge in [-0.2, -0.15) is 0 Å². The predicted molar refractivity (Wildman–Crippen MR) is 90.8 cm³/mol. The van der Waals surface area contributed by atoms with Crippen molar-refractivity contribution in [1.82, 2.24) is 10.3 Å². The maximum absolute atomic E-state index is 11.8. The Morgan fingerprint density at radius 3 is 2.59 bits per heavy atom. The van der Waals surface area contributed by atoms with Gasteiger partial charge in [0.15, 0.2) is 0 Å². The molecule has 1 amide bonds. The van der Waals surface area contributed by atoms with Gasteiger partial charge in [0, 0.05) is 50.7 Å². The van der Waals surface area contributed by atoms with Crippen LogP contribution in [0.3, 0.4) is 0 Å². The third kappa shape index (κ3) is 5.05. The van der Waals surface area contributed by atoms with Gasteiger partial charge in [0.1, 0.15) is 0 Å². The van der Waals surface area contributed by atoms with Gasteiger partial charge in [0.2, 0.25) is 5.91 Å². The molecule has 0 fully saturated rings. The molecule has 4 nitrogen and oxygen atoms in total. The number of nitrogens with one attached hydrogen (secondary N) is 1. The highest BCUT2D eigenvalue weighted by molar-refractivity contribution is 5.91. The zero-order valence-electron chi connectivity index (χ0n) is 13.0. The average molecular weight is 295 g/mol. The SMILES string of the molecule is CN(C)c1ccc(/C=C/C(=O)NCCc2ccccn2)cc1. The lowest BCUT2D eigenvalue weighted by Crippen LogP contribution is -2.23. The lowest BCUT2D eigenvalue weighted by molar-refractivity contribution is -0.116. The third-order valence-electron chi connectivity index (χ3n) is 3.24. The number of aromatic nitrogens is 1. The van der Waals surface area contributed by atoms with Crippen molar-refractivity contribution in [2.45, 2.75) is 6.42 Å². The number of rotatable bonds is 6. The first-order valence-electron chi connectivity index (χ1n) is 7.28. The van der Waals surface area contributed by atoms with Crippen molar-refractivity contribution in [3.05, 3.63) is 66.0 Å². The molecule has 0 aliphatic heterocycles. The minimum absolute atomic E-state index is 0.0902. The van der Waals surface area contributed by atoms with Gasteiger partial charge in [0.25, 0.3) is 0 Å². The number of hydrogen-bond acceptors (Lipinski definition) is 3. The van der Waals surface area contributed by atoms with E-state index in [2.05, 4.69) is 10.3 Å². The highest BCUT2D eigenvalue weighted by atomic mass is 16.1. The first kappa shape index (κ1) is 15.8. The van der Waals surface area contributed by atoms with Crippen LogP contribution in [0, 0.1) is 0 Å². The largest absolute Gasteiger partial charge is 0.378 e. The Hall–Kier alpha value is -2.62. The van der Waals surface area contributed by atoms with E-state index in [1.165, 1.54) is 0 Å². The lowest BCUT2D eigenvalue weighted by atomic mass is 10.2. The van der Waals surface area contributed by atoms with Gasteiger partial charge in [-0.05, 0) is 35.9 Å². The van der Waals surface area contributed by atoms with Crippen LogP contribution in [-0.4, -0.2) is 31.5 Å². The Labute approximate surface area is 131 Å². The summed E-state index contributed by atoms with van der Waals surface area (Å²) < 4.78 is 0. The molecule has 1 aromatic heterocycles. The summed E-state index contributed by atoms with van der Waals surface area (Å²) >= 11 is 0. The van der Waals surface area contributed by atoms with E-state index in [1.807, 2.05) is 67.5 Å². The Kier molecular flexibility index (Phi) is 5.72. The van der Waals surface area contributed by atoms with Crippen molar-refractivity contribution in [3.63, 3.8) is 0 Å². The van der Waals surface area contributed by atoms with E-state index in [9.17, 15) is 4.79 Å². The molecule has 1 heterocycles. The van der Waals surface area contributed by atoms with Crippen LogP contribution in [0.2, 0.25) is 0 Å². The Bertz CT molecular complexity index is 619. The molecule has 2 aromatic rings. The monoisotopic (exact) mass is 295 g/mol. The van der Waals surface area contributed by atoms with Gasteiger partial charge >= 0.3 is 0 Å².